The van der Waals surface area contributed by atoms with Gasteiger partial charge >= 0.3 is 0 Å². The van der Waals surface area contributed by atoms with Crippen LogP contribution in [-0.2, 0) is 22.7 Å². The monoisotopic (exact) mass is 344 g/mol. The van der Waals surface area contributed by atoms with Gasteiger partial charge in [-0.05, 0) is 42.3 Å². The molecule has 2 rings (SSSR count). The zero-order chi connectivity index (χ0) is 18.2. The number of hydrogen-bond donors (Lipinski definition) is 2. The number of carbonyl (C=O) groups excluding carboxylic acids is 2. The van der Waals surface area contributed by atoms with Crippen LogP contribution in [0, 0.1) is 5.82 Å². The number of nitrogens with one attached hydrogen (secondary N) is 2. The van der Waals surface area contributed by atoms with Crippen LogP contribution in [0.1, 0.15) is 25.0 Å². The summed E-state index contributed by atoms with van der Waals surface area (Å²) in [7, 11) is 0. The van der Waals surface area contributed by atoms with Gasteiger partial charge in [-0.25, -0.2) is 4.39 Å². The second-order valence-electron chi connectivity index (χ2n) is 5.70. The highest BCUT2D eigenvalue weighted by molar-refractivity contribution is 5.86. The van der Waals surface area contributed by atoms with Gasteiger partial charge in [-0.15, -0.1) is 0 Å². The molecule has 0 saturated carbocycles. The van der Waals surface area contributed by atoms with E-state index in [9.17, 15) is 14.0 Å². The van der Waals surface area contributed by atoms with Gasteiger partial charge in [0.2, 0.25) is 11.8 Å². The van der Waals surface area contributed by atoms with Crippen LogP contribution in [0.2, 0.25) is 0 Å². The van der Waals surface area contributed by atoms with Crippen LogP contribution >= 0.6 is 0 Å². The zero-order valence-electron chi connectivity index (χ0n) is 14.2. The van der Waals surface area contributed by atoms with E-state index in [1.165, 1.54) is 19.1 Å². The molecule has 0 aliphatic rings. The molecule has 0 spiro atoms. The minimum atomic E-state index is -0.577. The Morgan fingerprint density at radius 3 is 2.48 bits per heavy atom. The molecule has 0 unspecified atom stereocenters. The van der Waals surface area contributed by atoms with Crippen molar-refractivity contribution in [2.75, 3.05) is 0 Å². The van der Waals surface area contributed by atoms with Crippen LogP contribution in [-0.4, -0.2) is 17.9 Å². The Bertz CT molecular complexity index is 732. The van der Waals surface area contributed by atoms with E-state index in [1.807, 2.05) is 12.1 Å². The first-order valence-electron chi connectivity index (χ1n) is 7.95. The van der Waals surface area contributed by atoms with Crippen molar-refractivity contribution in [1.82, 2.24) is 10.6 Å². The van der Waals surface area contributed by atoms with E-state index >= 15 is 0 Å². The maximum Gasteiger partial charge on any atom is 0.242 e. The Morgan fingerprint density at radius 1 is 1.12 bits per heavy atom. The van der Waals surface area contributed by atoms with Crippen LogP contribution < -0.4 is 15.4 Å². The lowest BCUT2D eigenvalue weighted by atomic mass is 10.2. The van der Waals surface area contributed by atoms with Crippen molar-refractivity contribution < 1.29 is 18.7 Å². The molecule has 5 nitrogen and oxygen atoms in total. The molecule has 2 amide bonds. The molecule has 2 aromatic carbocycles. The number of halogens is 1. The molecule has 1 atom stereocenters. The van der Waals surface area contributed by atoms with Crippen LogP contribution in [0.5, 0.6) is 5.75 Å². The molecule has 132 valence electrons. The maximum atomic E-state index is 13.1. The molecular weight excluding hydrogens is 323 g/mol. The molecule has 25 heavy (non-hydrogen) atoms. The molecule has 0 aliphatic carbocycles. The molecule has 0 radical (unpaired) electrons. The summed E-state index contributed by atoms with van der Waals surface area (Å²) in [4.78, 5) is 22.8. The summed E-state index contributed by atoms with van der Waals surface area (Å²) in [6.45, 7) is 3.63. The van der Waals surface area contributed by atoms with Gasteiger partial charge in [0.25, 0.3) is 0 Å². The van der Waals surface area contributed by atoms with Gasteiger partial charge < -0.3 is 15.4 Å². The first-order valence-corrected chi connectivity index (χ1v) is 7.95. The molecular formula is C19H21FN2O3. The van der Waals surface area contributed by atoms with Crippen molar-refractivity contribution >= 4 is 11.8 Å². The lowest BCUT2D eigenvalue weighted by Gasteiger charge is -2.13. The number of hydrogen-bond acceptors (Lipinski definition) is 3. The quantitative estimate of drug-likeness (QED) is 0.811. The van der Waals surface area contributed by atoms with E-state index in [1.54, 1.807) is 31.2 Å². The third-order valence-corrected chi connectivity index (χ3v) is 3.50. The summed E-state index contributed by atoms with van der Waals surface area (Å²) >= 11 is 0. The molecule has 0 aromatic heterocycles. The summed E-state index contributed by atoms with van der Waals surface area (Å²) in [6, 6.07) is 12.9. The minimum Gasteiger partial charge on any atom is -0.489 e. The lowest BCUT2D eigenvalue weighted by molar-refractivity contribution is -0.127. The van der Waals surface area contributed by atoms with Gasteiger partial charge in [0.15, 0.2) is 0 Å². The Morgan fingerprint density at radius 2 is 1.84 bits per heavy atom. The number of ether oxygens (including phenoxy) is 1. The third kappa shape index (κ3) is 6.25. The summed E-state index contributed by atoms with van der Waals surface area (Å²) in [5, 5.41) is 5.28. The average Bonchev–Trinajstić information content (AvgIpc) is 2.58. The van der Waals surface area contributed by atoms with E-state index in [0.29, 0.717) is 12.3 Å². The van der Waals surface area contributed by atoms with Crippen molar-refractivity contribution in [3.8, 4) is 5.75 Å². The smallest absolute Gasteiger partial charge is 0.242 e. The van der Waals surface area contributed by atoms with Gasteiger partial charge in [-0.3, -0.25) is 9.59 Å². The fraction of sp³-hybridized carbons (Fsp3) is 0.263. The molecule has 0 heterocycles. The maximum absolute atomic E-state index is 13.1. The summed E-state index contributed by atoms with van der Waals surface area (Å²) in [6.07, 6.45) is 0. The van der Waals surface area contributed by atoms with Crippen molar-refractivity contribution in [3.63, 3.8) is 0 Å². The van der Waals surface area contributed by atoms with Crippen LogP contribution in [0.15, 0.2) is 48.5 Å². The van der Waals surface area contributed by atoms with Crippen LogP contribution in [0.25, 0.3) is 0 Å². The van der Waals surface area contributed by atoms with E-state index in [-0.39, 0.29) is 24.2 Å². The topological polar surface area (TPSA) is 67.4 Å². The summed E-state index contributed by atoms with van der Waals surface area (Å²) in [5.74, 6) is -0.129. The van der Waals surface area contributed by atoms with Gasteiger partial charge in [0.05, 0.1) is 0 Å². The standard InChI is InChI=1S/C19H21FN2O3/c1-13(22-14(2)23)19(24)21-11-15-6-8-18(9-7-15)25-12-16-4-3-5-17(20)10-16/h3-10,13H,11-12H2,1-2H3,(H,21,24)(H,22,23)/t13-/m0/s1. The first-order chi connectivity index (χ1) is 11.9. The Labute approximate surface area is 146 Å². The van der Waals surface area contributed by atoms with E-state index < -0.39 is 6.04 Å². The molecule has 2 N–H and O–H groups in total. The Kier molecular flexibility index (Phi) is 6.51. The molecule has 0 saturated heterocycles. The fourth-order valence-corrected chi connectivity index (χ4v) is 2.21. The molecule has 0 fully saturated rings. The second kappa shape index (κ2) is 8.82. The van der Waals surface area contributed by atoms with E-state index in [2.05, 4.69) is 10.6 Å². The third-order valence-electron chi connectivity index (χ3n) is 3.50. The van der Waals surface area contributed by atoms with E-state index in [4.69, 9.17) is 4.74 Å². The van der Waals surface area contributed by atoms with Gasteiger partial charge in [-0.2, -0.15) is 0 Å². The van der Waals surface area contributed by atoms with Crippen molar-refractivity contribution in [2.24, 2.45) is 0 Å². The Hall–Kier alpha value is -2.89. The number of rotatable bonds is 7. The molecule has 0 aliphatic heterocycles. The van der Waals surface area contributed by atoms with Crippen molar-refractivity contribution in [2.45, 2.75) is 33.0 Å². The average molecular weight is 344 g/mol. The van der Waals surface area contributed by atoms with Gasteiger partial charge in [0.1, 0.15) is 24.2 Å². The predicted molar refractivity (Wildman–Crippen MR) is 92.3 cm³/mol. The van der Waals surface area contributed by atoms with E-state index in [0.717, 1.165) is 11.1 Å². The number of benzene rings is 2. The predicted octanol–water partition coefficient (Wildman–Crippen LogP) is 2.55. The van der Waals surface area contributed by atoms with Crippen LogP contribution in [0.3, 0.4) is 0 Å². The molecule has 0 bridgehead atoms. The van der Waals surface area contributed by atoms with Gasteiger partial charge in [-0.1, -0.05) is 24.3 Å². The largest absolute Gasteiger partial charge is 0.489 e. The first kappa shape index (κ1) is 18.4. The molecule has 2 aromatic rings. The highest BCUT2D eigenvalue weighted by Crippen LogP contribution is 2.14. The summed E-state index contributed by atoms with van der Waals surface area (Å²) in [5.41, 5.74) is 1.66. The van der Waals surface area contributed by atoms with Crippen LogP contribution in [0.4, 0.5) is 4.39 Å². The van der Waals surface area contributed by atoms with Crippen molar-refractivity contribution in [1.29, 1.82) is 0 Å². The second-order valence-corrected chi connectivity index (χ2v) is 5.70. The number of carbonyl (C=O) groups is 2. The highest BCUT2D eigenvalue weighted by atomic mass is 19.1. The summed E-state index contributed by atoms with van der Waals surface area (Å²) < 4.78 is 18.7. The number of amides is 2. The normalized spacial score (nSPS) is 11.5. The fourth-order valence-electron chi connectivity index (χ4n) is 2.21. The zero-order valence-corrected chi connectivity index (χ0v) is 14.2. The SMILES string of the molecule is CC(=O)N[C@@H](C)C(=O)NCc1ccc(OCc2cccc(F)c2)cc1. The lowest BCUT2D eigenvalue weighted by Crippen LogP contribution is -2.43. The highest BCUT2D eigenvalue weighted by Gasteiger charge is 2.12. The minimum absolute atomic E-state index is 0.248. The van der Waals surface area contributed by atoms with Crippen molar-refractivity contribution in [3.05, 3.63) is 65.5 Å². The Balaban J connectivity index is 1.81. The molecule has 6 heteroatoms. The van der Waals surface area contributed by atoms with Gasteiger partial charge in [0, 0.05) is 13.5 Å².